The van der Waals surface area contributed by atoms with E-state index in [1.54, 1.807) is 12.1 Å². The number of fused-ring (bicyclic) bond motifs is 1. The van der Waals surface area contributed by atoms with Gasteiger partial charge in [0.25, 0.3) is 0 Å². The molecular formula is C20H21ClN4O2. The van der Waals surface area contributed by atoms with Crippen molar-refractivity contribution < 1.29 is 9.90 Å². The normalized spacial score (nSPS) is 15.2. The summed E-state index contributed by atoms with van der Waals surface area (Å²) in [5.41, 5.74) is 2.67. The second kappa shape index (κ2) is 7.19. The number of rotatable bonds is 4. The van der Waals surface area contributed by atoms with E-state index in [1.807, 2.05) is 23.9 Å². The Kier molecular flexibility index (Phi) is 4.74. The maximum Gasteiger partial charge on any atom is 0.337 e. The Morgan fingerprint density at radius 2 is 2.04 bits per heavy atom. The van der Waals surface area contributed by atoms with Gasteiger partial charge < -0.3 is 15.0 Å². The lowest BCUT2D eigenvalue weighted by atomic mass is 9.95. The minimum Gasteiger partial charge on any atom is -0.478 e. The van der Waals surface area contributed by atoms with Gasteiger partial charge in [0.2, 0.25) is 0 Å². The van der Waals surface area contributed by atoms with E-state index < -0.39 is 5.97 Å². The first-order chi connectivity index (χ1) is 13.0. The third-order valence-corrected chi connectivity index (χ3v) is 5.32. The third kappa shape index (κ3) is 3.62. The summed E-state index contributed by atoms with van der Waals surface area (Å²) in [6.45, 7) is 0. The van der Waals surface area contributed by atoms with Crippen LogP contribution in [0.25, 0.3) is 22.2 Å². The summed E-state index contributed by atoms with van der Waals surface area (Å²) >= 11 is 6.29. The van der Waals surface area contributed by atoms with E-state index in [-0.39, 0.29) is 5.56 Å². The lowest BCUT2D eigenvalue weighted by Gasteiger charge is -2.23. The van der Waals surface area contributed by atoms with Crippen LogP contribution in [0.15, 0.2) is 30.6 Å². The van der Waals surface area contributed by atoms with Gasteiger partial charge in [-0.25, -0.2) is 14.8 Å². The van der Waals surface area contributed by atoms with Gasteiger partial charge in [-0.2, -0.15) is 0 Å². The van der Waals surface area contributed by atoms with Gasteiger partial charge in [0.1, 0.15) is 16.6 Å². The molecule has 1 fully saturated rings. The highest BCUT2D eigenvalue weighted by Crippen LogP contribution is 2.33. The standard InChI is InChI=1S/C20H21ClN4O2/c1-25-11-16(15-7-13(20(26)27)10-22-19(15)25)12-8-17(21)24-18(9-12)23-14-5-3-2-4-6-14/h7-11,14H,2-6H2,1H3,(H,23,24)(H,26,27). The molecule has 140 valence electrons. The van der Waals surface area contributed by atoms with E-state index in [4.69, 9.17) is 11.6 Å². The molecule has 0 bridgehead atoms. The van der Waals surface area contributed by atoms with Crippen molar-refractivity contribution >= 4 is 34.4 Å². The molecule has 1 aliphatic carbocycles. The van der Waals surface area contributed by atoms with Gasteiger partial charge in [-0.1, -0.05) is 30.9 Å². The van der Waals surface area contributed by atoms with Crippen LogP contribution in [0.3, 0.4) is 0 Å². The van der Waals surface area contributed by atoms with Crippen molar-refractivity contribution in [2.24, 2.45) is 7.05 Å². The fraction of sp³-hybridized carbons (Fsp3) is 0.350. The molecule has 0 aliphatic heterocycles. The lowest BCUT2D eigenvalue weighted by molar-refractivity contribution is 0.0696. The number of nitrogens with zero attached hydrogens (tertiary/aromatic N) is 3. The fourth-order valence-electron chi connectivity index (χ4n) is 3.79. The first-order valence-electron chi connectivity index (χ1n) is 9.14. The molecule has 4 rings (SSSR count). The van der Waals surface area contributed by atoms with Crippen LogP contribution in [0.1, 0.15) is 42.5 Å². The number of aromatic nitrogens is 3. The van der Waals surface area contributed by atoms with Crippen LogP contribution >= 0.6 is 11.6 Å². The van der Waals surface area contributed by atoms with Crippen molar-refractivity contribution in [2.75, 3.05) is 5.32 Å². The predicted octanol–water partition coefficient (Wildman–Crippen LogP) is 4.73. The number of pyridine rings is 2. The molecule has 0 amide bonds. The van der Waals surface area contributed by atoms with Crippen LogP contribution in [-0.2, 0) is 7.05 Å². The van der Waals surface area contributed by atoms with Gasteiger partial charge in [0.05, 0.1) is 5.56 Å². The highest BCUT2D eigenvalue weighted by molar-refractivity contribution is 6.29. The highest BCUT2D eigenvalue weighted by atomic mass is 35.5. The maximum atomic E-state index is 11.3. The third-order valence-electron chi connectivity index (χ3n) is 5.12. The fourth-order valence-corrected chi connectivity index (χ4v) is 4.00. The van der Waals surface area contributed by atoms with E-state index in [9.17, 15) is 9.90 Å². The van der Waals surface area contributed by atoms with Gasteiger partial charge in [0, 0.05) is 36.4 Å². The molecule has 0 unspecified atom stereocenters. The summed E-state index contributed by atoms with van der Waals surface area (Å²) in [7, 11) is 1.89. The molecule has 1 saturated carbocycles. The second-order valence-corrected chi connectivity index (χ2v) is 7.48. The van der Waals surface area contributed by atoms with Crippen LogP contribution in [0.2, 0.25) is 5.15 Å². The minimum absolute atomic E-state index is 0.163. The number of carbonyl (C=O) groups is 1. The molecule has 0 spiro atoms. The Morgan fingerprint density at radius 1 is 1.26 bits per heavy atom. The van der Waals surface area contributed by atoms with E-state index in [1.165, 1.54) is 25.5 Å². The average molecular weight is 385 g/mol. The zero-order valence-electron chi connectivity index (χ0n) is 15.1. The first-order valence-corrected chi connectivity index (χ1v) is 9.52. The van der Waals surface area contributed by atoms with Crippen LogP contribution in [0.4, 0.5) is 5.82 Å². The topological polar surface area (TPSA) is 80.0 Å². The number of anilines is 1. The number of aryl methyl sites for hydroxylation is 1. The molecule has 0 radical (unpaired) electrons. The zero-order valence-corrected chi connectivity index (χ0v) is 15.8. The number of halogens is 1. The SMILES string of the molecule is Cn1cc(-c2cc(Cl)nc(NC3CCCCC3)c2)c2cc(C(=O)O)cnc21. The summed E-state index contributed by atoms with van der Waals surface area (Å²) in [6.07, 6.45) is 9.37. The molecule has 3 heterocycles. The molecule has 0 saturated heterocycles. The average Bonchev–Trinajstić information content (AvgIpc) is 2.98. The number of hydrogen-bond acceptors (Lipinski definition) is 4. The Labute approximate surface area is 162 Å². The van der Waals surface area contributed by atoms with Crippen LogP contribution in [0, 0.1) is 0 Å². The van der Waals surface area contributed by atoms with Crippen LogP contribution in [0.5, 0.6) is 0 Å². The lowest BCUT2D eigenvalue weighted by Crippen LogP contribution is -2.22. The van der Waals surface area contributed by atoms with Crippen molar-refractivity contribution in [3.8, 4) is 11.1 Å². The van der Waals surface area contributed by atoms with Crippen molar-refractivity contribution in [3.05, 3.63) is 41.3 Å². The molecule has 3 aromatic rings. The van der Waals surface area contributed by atoms with Crippen LogP contribution < -0.4 is 5.32 Å². The van der Waals surface area contributed by atoms with Gasteiger partial charge in [-0.15, -0.1) is 0 Å². The summed E-state index contributed by atoms with van der Waals surface area (Å²) in [4.78, 5) is 20.1. The van der Waals surface area contributed by atoms with E-state index in [0.29, 0.717) is 11.2 Å². The number of nitrogens with one attached hydrogen (secondary N) is 1. The second-order valence-electron chi connectivity index (χ2n) is 7.10. The van der Waals surface area contributed by atoms with Crippen molar-refractivity contribution in [1.29, 1.82) is 0 Å². The zero-order chi connectivity index (χ0) is 19.0. The van der Waals surface area contributed by atoms with Gasteiger partial charge in [-0.05, 0) is 36.6 Å². The summed E-state index contributed by atoms with van der Waals surface area (Å²) in [6, 6.07) is 5.85. The first kappa shape index (κ1) is 17.8. The number of aromatic carboxylic acids is 1. The molecule has 0 atom stereocenters. The molecule has 7 heteroatoms. The Hall–Kier alpha value is -2.60. The quantitative estimate of drug-likeness (QED) is 0.635. The predicted molar refractivity (Wildman–Crippen MR) is 106 cm³/mol. The smallest absolute Gasteiger partial charge is 0.337 e. The van der Waals surface area contributed by atoms with Gasteiger partial charge in [0.15, 0.2) is 0 Å². The molecular weight excluding hydrogens is 364 g/mol. The Bertz CT molecular complexity index is 1010. The summed E-state index contributed by atoms with van der Waals surface area (Å²) in [5.74, 6) is -0.240. The molecule has 2 N–H and O–H groups in total. The Balaban J connectivity index is 1.76. The van der Waals surface area contributed by atoms with E-state index in [0.717, 1.165) is 40.8 Å². The maximum absolute atomic E-state index is 11.3. The van der Waals surface area contributed by atoms with E-state index >= 15 is 0 Å². The molecule has 0 aromatic carbocycles. The van der Waals surface area contributed by atoms with E-state index in [2.05, 4.69) is 15.3 Å². The van der Waals surface area contributed by atoms with Gasteiger partial charge in [-0.3, -0.25) is 0 Å². The monoisotopic (exact) mass is 384 g/mol. The molecule has 3 aromatic heterocycles. The number of hydrogen-bond donors (Lipinski definition) is 2. The number of carboxylic acids is 1. The van der Waals surface area contributed by atoms with Crippen LogP contribution in [-0.4, -0.2) is 31.7 Å². The van der Waals surface area contributed by atoms with Crippen molar-refractivity contribution in [1.82, 2.24) is 14.5 Å². The highest BCUT2D eigenvalue weighted by Gasteiger charge is 2.17. The Morgan fingerprint density at radius 3 is 2.78 bits per heavy atom. The van der Waals surface area contributed by atoms with Crippen molar-refractivity contribution in [2.45, 2.75) is 38.1 Å². The molecule has 27 heavy (non-hydrogen) atoms. The largest absolute Gasteiger partial charge is 0.478 e. The number of carboxylic acid groups (broad SMARTS) is 1. The van der Waals surface area contributed by atoms with Gasteiger partial charge >= 0.3 is 5.97 Å². The molecule has 6 nitrogen and oxygen atoms in total. The summed E-state index contributed by atoms with van der Waals surface area (Å²) in [5, 5.41) is 14.0. The minimum atomic E-state index is -0.994. The summed E-state index contributed by atoms with van der Waals surface area (Å²) < 4.78 is 1.89. The molecule has 1 aliphatic rings. The van der Waals surface area contributed by atoms with Crippen molar-refractivity contribution in [3.63, 3.8) is 0 Å².